The van der Waals surface area contributed by atoms with Gasteiger partial charge < -0.3 is 34.3 Å². The highest BCUT2D eigenvalue weighted by molar-refractivity contribution is 6.05. The number of ether oxygens (including phenoxy) is 4. The van der Waals surface area contributed by atoms with Crippen LogP contribution in [0.4, 0.5) is 0 Å². The van der Waals surface area contributed by atoms with Crippen LogP contribution in [0.5, 0.6) is 34.5 Å². The van der Waals surface area contributed by atoms with E-state index in [0.717, 1.165) is 6.07 Å². The van der Waals surface area contributed by atoms with Gasteiger partial charge in [0.15, 0.2) is 23.7 Å². The van der Waals surface area contributed by atoms with E-state index in [9.17, 15) is 20.1 Å². The number of aromatic nitrogens is 1. The van der Waals surface area contributed by atoms with Gasteiger partial charge in [0.05, 0.1) is 26.1 Å². The van der Waals surface area contributed by atoms with Gasteiger partial charge in [-0.05, 0) is 29.8 Å². The SMILES string of the molecule is COc1ccc(COc2cc(C3Oc4cc(O)cc(O)c4C(=O)C3O)ccc2OC)nc1. The zero-order valence-corrected chi connectivity index (χ0v) is 17.3. The van der Waals surface area contributed by atoms with Gasteiger partial charge >= 0.3 is 0 Å². The molecule has 0 fully saturated rings. The van der Waals surface area contributed by atoms with Crippen LogP contribution < -0.4 is 18.9 Å². The Labute approximate surface area is 183 Å². The number of methoxy groups -OCH3 is 2. The van der Waals surface area contributed by atoms with Crippen molar-refractivity contribution in [3.05, 3.63) is 65.5 Å². The van der Waals surface area contributed by atoms with E-state index in [1.807, 2.05) is 0 Å². The lowest BCUT2D eigenvalue weighted by Crippen LogP contribution is -2.36. The van der Waals surface area contributed by atoms with Crippen molar-refractivity contribution >= 4 is 5.78 Å². The maximum Gasteiger partial charge on any atom is 0.202 e. The smallest absolute Gasteiger partial charge is 0.202 e. The third-order valence-electron chi connectivity index (χ3n) is 5.05. The fourth-order valence-electron chi connectivity index (χ4n) is 3.42. The van der Waals surface area contributed by atoms with Gasteiger partial charge in [-0.3, -0.25) is 9.78 Å². The molecule has 0 spiro atoms. The molecule has 0 bridgehead atoms. The number of Topliss-reactive ketones (excluding diaryl/α,β-unsaturated/α-hetero) is 1. The largest absolute Gasteiger partial charge is 0.508 e. The monoisotopic (exact) mass is 439 g/mol. The number of carbonyl (C=O) groups excluding carboxylic acids is 1. The molecule has 0 radical (unpaired) electrons. The van der Waals surface area contributed by atoms with Gasteiger partial charge in [0.1, 0.15) is 35.2 Å². The lowest BCUT2D eigenvalue weighted by atomic mass is 9.92. The molecule has 4 rings (SSSR count). The van der Waals surface area contributed by atoms with Gasteiger partial charge in [-0.25, -0.2) is 0 Å². The molecule has 3 N–H and O–H groups in total. The summed E-state index contributed by atoms with van der Waals surface area (Å²) in [4.78, 5) is 16.9. The minimum absolute atomic E-state index is 0.0245. The van der Waals surface area contributed by atoms with Crippen molar-refractivity contribution in [3.63, 3.8) is 0 Å². The van der Waals surface area contributed by atoms with E-state index in [1.54, 1.807) is 43.6 Å². The van der Waals surface area contributed by atoms with Crippen LogP contribution in [0.2, 0.25) is 0 Å². The summed E-state index contributed by atoms with van der Waals surface area (Å²) in [6.07, 6.45) is -1.07. The first-order valence-electron chi connectivity index (χ1n) is 9.66. The zero-order valence-electron chi connectivity index (χ0n) is 17.3. The summed E-state index contributed by atoms with van der Waals surface area (Å²) in [5, 5.41) is 30.3. The minimum Gasteiger partial charge on any atom is -0.508 e. The molecule has 3 aromatic rings. The highest BCUT2D eigenvalue weighted by atomic mass is 16.5. The van der Waals surface area contributed by atoms with E-state index in [1.165, 1.54) is 13.2 Å². The number of carbonyl (C=O) groups is 1. The highest BCUT2D eigenvalue weighted by Crippen LogP contribution is 2.43. The van der Waals surface area contributed by atoms with Gasteiger partial charge in [-0.2, -0.15) is 0 Å². The number of hydrogen-bond donors (Lipinski definition) is 3. The highest BCUT2D eigenvalue weighted by Gasteiger charge is 2.39. The predicted octanol–water partition coefficient (Wildman–Crippen LogP) is 2.77. The number of ketones is 1. The third kappa shape index (κ3) is 3.97. The number of fused-ring (bicyclic) bond motifs is 1. The van der Waals surface area contributed by atoms with Crippen LogP contribution in [-0.4, -0.2) is 46.4 Å². The molecule has 9 nitrogen and oxygen atoms in total. The van der Waals surface area contributed by atoms with Crippen LogP contribution in [0.15, 0.2) is 48.7 Å². The molecule has 1 aliphatic heterocycles. The summed E-state index contributed by atoms with van der Waals surface area (Å²) >= 11 is 0. The number of nitrogens with zero attached hydrogens (tertiary/aromatic N) is 1. The van der Waals surface area contributed by atoms with E-state index < -0.39 is 23.7 Å². The maximum absolute atomic E-state index is 12.7. The second kappa shape index (κ2) is 8.64. The molecular formula is C23H21NO8. The number of phenolic OH excluding ortho intramolecular Hbond substituents is 2. The second-order valence-electron chi connectivity index (χ2n) is 7.07. The molecule has 0 saturated heterocycles. The molecule has 2 heterocycles. The van der Waals surface area contributed by atoms with Crippen LogP contribution in [0.3, 0.4) is 0 Å². The second-order valence-corrected chi connectivity index (χ2v) is 7.07. The molecule has 0 amide bonds. The quantitative estimate of drug-likeness (QED) is 0.531. The van der Waals surface area contributed by atoms with E-state index in [-0.39, 0.29) is 23.7 Å². The van der Waals surface area contributed by atoms with Crippen molar-refractivity contribution in [3.8, 4) is 34.5 Å². The molecule has 2 aromatic carbocycles. The normalized spacial score (nSPS) is 17.3. The van der Waals surface area contributed by atoms with Crippen molar-refractivity contribution in [2.24, 2.45) is 0 Å². The van der Waals surface area contributed by atoms with Gasteiger partial charge in [-0.15, -0.1) is 0 Å². The molecule has 2 unspecified atom stereocenters. The van der Waals surface area contributed by atoms with Crippen molar-refractivity contribution in [2.75, 3.05) is 14.2 Å². The average Bonchev–Trinajstić information content (AvgIpc) is 2.79. The first kappa shape index (κ1) is 21.3. The van der Waals surface area contributed by atoms with Crippen LogP contribution in [0.1, 0.15) is 27.7 Å². The lowest BCUT2D eigenvalue weighted by molar-refractivity contribution is 0.0209. The van der Waals surface area contributed by atoms with E-state index in [4.69, 9.17) is 18.9 Å². The summed E-state index contributed by atoms with van der Waals surface area (Å²) in [6, 6.07) is 10.6. The maximum atomic E-state index is 12.7. The Kier molecular flexibility index (Phi) is 5.74. The van der Waals surface area contributed by atoms with E-state index >= 15 is 0 Å². The van der Waals surface area contributed by atoms with Crippen LogP contribution in [0.25, 0.3) is 0 Å². The lowest BCUT2D eigenvalue weighted by Gasteiger charge is -2.30. The van der Waals surface area contributed by atoms with Crippen molar-refractivity contribution in [1.82, 2.24) is 4.98 Å². The van der Waals surface area contributed by atoms with Gasteiger partial charge in [0, 0.05) is 12.1 Å². The molecule has 2 atom stereocenters. The Morgan fingerprint density at radius 2 is 1.84 bits per heavy atom. The number of aromatic hydroxyl groups is 2. The summed E-state index contributed by atoms with van der Waals surface area (Å²) in [5.74, 6) is -0.0510. The van der Waals surface area contributed by atoms with Crippen LogP contribution in [0, 0.1) is 0 Å². The molecular weight excluding hydrogens is 418 g/mol. The summed E-state index contributed by atoms with van der Waals surface area (Å²) < 4.78 is 22.1. The Morgan fingerprint density at radius 3 is 2.53 bits per heavy atom. The minimum atomic E-state index is -1.57. The van der Waals surface area contributed by atoms with Crippen LogP contribution in [-0.2, 0) is 6.61 Å². The number of aliphatic hydroxyl groups is 1. The number of benzene rings is 2. The number of phenols is 2. The third-order valence-corrected chi connectivity index (χ3v) is 5.05. The molecule has 1 aliphatic rings. The Bertz CT molecular complexity index is 1150. The van der Waals surface area contributed by atoms with Crippen molar-refractivity contribution < 1.29 is 39.1 Å². The first-order chi connectivity index (χ1) is 15.4. The Balaban J connectivity index is 1.61. The van der Waals surface area contributed by atoms with E-state index in [2.05, 4.69) is 4.98 Å². The molecule has 32 heavy (non-hydrogen) atoms. The van der Waals surface area contributed by atoms with Gasteiger partial charge in [0.2, 0.25) is 5.78 Å². The number of pyridine rings is 1. The molecule has 0 aliphatic carbocycles. The Hall–Kier alpha value is -3.98. The topological polar surface area (TPSA) is 128 Å². The number of hydrogen-bond acceptors (Lipinski definition) is 9. The number of rotatable bonds is 6. The summed E-state index contributed by atoms with van der Waals surface area (Å²) in [6.45, 7) is 0.140. The first-order valence-corrected chi connectivity index (χ1v) is 9.66. The Morgan fingerprint density at radius 1 is 1.03 bits per heavy atom. The van der Waals surface area contributed by atoms with E-state index in [0.29, 0.717) is 28.5 Å². The van der Waals surface area contributed by atoms with Crippen LogP contribution >= 0.6 is 0 Å². The standard InChI is InChI=1S/C23H21NO8/c1-29-15-5-4-13(24-10-15)11-31-18-7-12(3-6-17(18)30-2)23-22(28)21(27)20-16(26)8-14(25)9-19(20)32-23/h3-10,22-23,25-26,28H,11H2,1-2H3. The molecule has 9 heteroatoms. The van der Waals surface area contributed by atoms with Crippen molar-refractivity contribution in [2.45, 2.75) is 18.8 Å². The summed E-state index contributed by atoms with van der Waals surface area (Å²) in [7, 11) is 3.04. The summed E-state index contributed by atoms with van der Waals surface area (Å²) in [5.41, 5.74) is 0.919. The fraction of sp³-hybridized carbons (Fsp3) is 0.217. The van der Waals surface area contributed by atoms with Gasteiger partial charge in [0.25, 0.3) is 0 Å². The predicted molar refractivity (Wildman–Crippen MR) is 112 cm³/mol. The van der Waals surface area contributed by atoms with Crippen molar-refractivity contribution in [1.29, 1.82) is 0 Å². The number of aliphatic hydroxyl groups excluding tert-OH is 1. The molecule has 1 aromatic heterocycles. The molecule has 0 saturated carbocycles. The van der Waals surface area contributed by atoms with Gasteiger partial charge in [-0.1, -0.05) is 6.07 Å². The fourth-order valence-corrected chi connectivity index (χ4v) is 3.42. The molecule has 166 valence electrons. The average molecular weight is 439 g/mol. The zero-order chi connectivity index (χ0) is 22.8.